The van der Waals surface area contributed by atoms with Gasteiger partial charge < -0.3 is 0 Å². The quantitative estimate of drug-likeness (QED) is 0.726. The summed E-state index contributed by atoms with van der Waals surface area (Å²) in [4.78, 5) is 11.2. The molecule has 1 aromatic heterocycles. The molecule has 3 nitrogen and oxygen atoms in total. The Hall–Kier alpha value is -2.34. The van der Waals surface area contributed by atoms with Gasteiger partial charge in [-0.3, -0.25) is 9.36 Å². The molecule has 0 saturated carbocycles. The fraction of sp³-hybridized carbons (Fsp3) is 0.0769. The second-order valence-corrected chi connectivity index (χ2v) is 3.49. The maximum Gasteiger partial charge on any atom is 0.227 e. The van der Waals surface area contributed by atoms with Gasteiger partial charge in [0.05, 0.1) is 5.56 Å². The third kappa shape index (κ3) is 1.73. The molecule has 0 bridgehead atoms. The summed E-state index contributed by atoms with van der Waals surface area (Å²) in [6, 6.07) is 11.7. The summed E-state index contributed by atoms with van der Waals surface area (Å²) in [6.07, 6.45) is 3.25. The Labute approximate surface area is 93.6 Å². The zero-order chi connectivity index (χ0) is 11.5. The first-order chi connectivity index (χ1) is 7.72. The second kappa shape index (κ2) is 4.03. The molecule has 1 aromatic carbocycles. The van der Waals surface area contributed by atoms with Gasteiger partial charge in [0.25, 0.3) is 0 Å². The lowest BCUT2D eigenvalue weighted by molar-refractivity contribution is 0.0937. The minimum absolute atomic E-state index is 0.0984. The van der Waals surface area contributed by atoms with E-state index in [1.54, 1.807) is 12.4 Å². The van der Waals surface area contributed by atoms with E-state index in [4.69, 9.17) is 5.26 Å². The normalized spacial score (nSPS) is 9.75. The number of aromatic nitrogens is 1. The van der Waals surface area contributed by atoms with Crippen molar-refractivity contribution in [1.82, 2.24) is 4.57 Å². The molecule has 0 atom stereocenters. The molecule has 0 aliphatic carbocycles. The fourth-order valence-corrected chi connectivity index (χ4v) is 1.57. The molecule has 0 aliphatic heterocycles. The van der Waals surface area contributed by atoms with Crippen LogP contribution in [0.3, 0.4) is 0 Å². The van der Waals surface area contributed by atoms with Gasteiger partial charge in [-0.15, -0.1) is 0 Å². The van der Waals surface area contributed by atoms with E-state index in [0.29, 0.717) is 5.56 Å². The van der Waals surface area contributed by atoms with Crippen molar-refractivity contribution in [3.05, 3.63) is 48.3 Å². The van der Waals surface area contributed by atoms with Crippen molar-refractivity contribution in [3.8, 4) is 17.2 Å². The zero-order valence-electron chi connectivity index (χ0n) is 8.84. The lowest BCUT2D eigenvalue weighted by Crippen LogP contribution is -2.00. The molecule has 78 valence electrons. The molecule has 0 saturated heterocycles. The van der Waals surface area contributed by atoms with Gasteiger partial charge in [-0.2, -0.15) is 5.26 Å². The molecule has 3 heteroatoms. The monoisotopic (exact) mass is 210 g/mol. The highest BCUT2D eigenvalue weighted by atomic mass is 16.1. The van der Waals surface area contributed by atoms with Crippen LogP contribution < -0.4 is 0 Å². The van der Waals surface area contributed by atoms with Gasteiger partial charge in [0.2, 0.25) is 5.91 Å². The van der Waals surface area contributed by atoms with Crippen LogP contribution in [0.5, 0.6) is 0 Å². The van der Waals surface area contributed by atoms with E-state index < -0.39 is 0 Å². The largest absolute Gasteiger partial charge is 0.293 e. The van der Waals surface area contributed by atoms with Crippen LogP contribution in [0.4, 0.5) is 0 Å². The van der Waals surface area contributed by atoms with Crippen molar-refractivity contribution in [1.29, 1.82) is 5.26 Å². The molecule has 0 N–H and O–H groups in total. The van der Waals surface area contributed by atoms with Gasteiger partial charge in [0.1, 0.15) is 6.07 Å². The Bertz CT molecular complexity index is 561. The Kier molecular flexibility index (Phi) is 2.57. The molecule has 0 amide bonds. The maximum atomic E-state index is 11.2. The summed E-state index contributed by atoms with van der Waals surface area (Å²) >= 11 is 0. The molecular formula is C13H10N2O. The van der Waals surface area contributed by atoms with E-state index in [9.17, 15) is 4.79 Å². The standard InChI is InChI=1S/C13H10N2O/c1-10(16)15-8-12(7-14)13(9-15)11-5-3-2-4-6-11/h2-6,8-9H,1H3. The Morgan fingerprint density at radius 3 is 2.50 bits per heavy atom. The van der Waals surface area contributed by atoms with Crippen LogP contribution in [0.2, 0.25) is 0 Å². The number of nitriles is 1. The summed E-state index contributed by atoms with van der Waals surface area (Å²) in [7, 11) is 0. The van der Waals surface area contributed by atoms with Crippen LogP contribution in [0.25, 0.3) is 11.1 Å². The highest BCUT2D eigenvalue weighted by Gasteiger charge is 2.09. The average Bonchev–Trinajstić information content (AvgIpc) is 2.74. The van der Waals surface area contributed by atoms with Crippen LogP contribution in [-0.4, -0.2) is 10.5 Å². The van der Waals surface area contributed by atoms with E-state index in [-0.39, 0.29) is 5.91 Å². The molecule has 0 unspecified atom stereocenters. The maximum absolute atomic E-state index is 11.2. The Balaban J connectivity index is 2.57. The summed E-state index contributed by atoms with van der Waals surface area (Å²) in [5.74, 6) is -0.0984. The van der Waals surface area contributed by atoms with Crippen LogP contribution in [0.1, 0.15) is 17.3 Å². The van der Waals surface area contributed by atoms with Gasteiger partial charge in [-0.25, -0.2) is 0 Å². The minimum atomic E-state index is -0.0984. The molecule has 2 aromatic rings. The summed E-state index contributed by atoms with van der Waals surface area (Å²) in [5.41, 5.74) is 2.25. The summed E-state index contributed by atoms with van der Waals surface area (Å²) in [5, 5.41) is 9.00. The number of carbonyl (C=O) groups excluding carboxylic acids is 1. The van der Waals surface area contributed by atoms with Crippen molar-refractivity contribution < 1.29 is 4.79 Å². The van der Waals surface area contributed by atoms with Crippen molar-refractivity contribution in [2.45, 2.75) is 6.92 Å². The fourth-order valence-electron chi connectivity index (χ4n) is 1.57. The van der Waals surface area contributed by atoms with Crippen molar-refractivity contribution in [2.75, 3.05) is 0 Å². The van der Waals surface area contributed by atoms with E-state index in [1.165, 1.54) is 11.5 Å². The van der Waals surface area contributed by atoms with Crippen LogP contribution >= 0.6 is 0 Å². The number of rotatable bonds is 1. The van der Waals surface area contributed by atoms with E-state index in [0.717, 1.165) is 11.1 Å². The van der Waals surface area contributed by atoms with Gasteiger partial charge in [0, 0.05) is 24.9 Å². The highest BCUT2D eigenvalue weighted by molar-refractivity contribution is 5.80. The molecule has 16 heavy (non-hydrogen) atoms. The summed E-state index contributed by atoms with van der Waals surface area (Å²) in [6.45, 7) is 1.47. The lowest BCUT2D eigenvalue weighted by Gasteiger charge is -1.97. The van der Waals surface area contributed by atoms with Crippen LogP contribution in [0.15, 0.2) is 42.7 Å². The van der Waals surface area contributed by atoms with Gasteiger partial charge in [0.15, 0.2) is 0 Å². The van der Waals surface area contributed by atoms with E-state index in [2.05, 4.69) is 6.07 Å². The Morgan fingerprint density at radius 1 is 1.25 bits per heavy atom. The van der Waals surface area contributed by atoms with Gasteiger partial charge in [-0.05, 0) is 5.56 Å². The van der Waals surface area contributed by atoms with E-state index in [1.807, 2.05) is 30.3 Å². The molecular weight excluding hydrogens is 200 g/mol. The first-order valence-electron chi connectivity index (χ1n) is 4.91. The topological polar surface area (TPSA) is 45.8 Å². The number of carbonyl (C=O) groups is 1. The number of hydrogen-bond acceptors (Lipinski definition) is 2. The molecule has 0 radical (unpaired) electrons. The molecule has 0 aliphatic rings. The van der Waals surface area contributed by atoms with Gasteiger partial charge in [-0.1, -0.05) is 30.3 Å². The highest BCUT2D eigenvalue weighted by Crippen LogP contribution is 2.23. The minimum Gasteiger partial charge on any atom is -0.293 e. The SMILES string of the molecule is CC(=O)n1cc(C#N)c(-c2ccccc2)c1. The number of benzene rings is 1. The first kappa shape index (κ1) is 10.2. The van der Waals surface area contributed by atoms with Crippen LogP contribution in [-0.2, 0) is 0 Å². The third-order valence-electron chi connectivity index (χ3n) is 2.40. The molecule has 2 rings (SSSR count). The van der Waals surface area contributed by atoms with Crippen molar-refractivity contribution in [3.63, 3.8) is 0 Å². The van der Waals surface area contributed by atoms with Crippen molar-refractivity contribution in [2.24, 2.45) is 0 Å². The first-order valence-corrected chi connectivity index (χ1v) is 4.91. The zero-order valence-corrected chi connectivity index (χ0v) is 8.84. The average molecular weight is 210 g/mol. The van der Waals surface area contributed by atoms with Crippen molar-refractivity contribution >= 4 is 5.91 Å². The molecule has 0 spiro atoms. The summed E-state index contributed by atoms with van der Waals surface area (Å²) < 4.78 is 1.43. The molecule has 1 heterocycles. The predicted octanol–water partition coefficient (Wildman–Crippen LogP) is 2.69. The lowest BCUT2D eigenvalue weighted by atomic mass is 10.1. The van der Waals surface area contributed by atoms with Crippen LogP contribution in [0, 0.1) is 11.3 Å². The number of nitrogens with zero attached hydrogens (tertiary/aromatic N) is 2. The van der Waals surface area contributed by atoms with E-state index >= 15 is 0 Å². The third-order valence-corrected chi connectivity index (χ3v) is 2.40. The Morgan fingerprint density at radius 2 is 1.94 bits per heavy atom. The molecule has 0 fully saturated rings. The smallest absolute Gasteiger partial charge is 0.227 e. The van der Waals surface area contributed by atoms with Gasteiger partial charge >= 0.3 is 0 Å². The number of hydrogen-bond donors (Lipinski definition) is 0. The predicted molar refractivity (Wildman–Crippen MR) is 60.9 cm³/mol. The second-order valence-electron chi connectivity index (χ2n) is 3.49.